The van der Waals surface area contributed by atoms with Gasteiger partial charge < -0.3 is 14.5 Å². The predicted octanol–water partition coefficient (Wildman–Crippen LogP) is 2.75. The zero-order chi connectivity index (χ0) is 18.5. The van der Waals surface area contributed by atoms with Gasteiger partial charge in [0, 0.05) is 31.7 Å². The van der Waals surface area contributed by atoms with Gasteiger partial charge in [0.15, 0.2) is 6.10 Å². The molecule has 1 fully saturated rings. The summed E-state index contributed by atoms with van der Waals surface area (Å²) in [5, 5.41) is 0. The van der Waals surface area contributed by atoms with Crippen molar-refractivity contribution in [2.45, 2.75) is 20.0 Å². The van der Waals surface area contributed by atoms with Crippen LogP contribution in [0.4, 0.5) is 0 Å². The highest BCUT2D eigenvalue weighted by Crippen LogP contribution is 2.16. The summed E-state index contributed by atoms with van der Waals surface area (Å²) in [6, 6.07) is 16.9. The number of piperazine rings is 1. The third-order valence-corrected chi connectivity index (χ3v) is 4.55. The minimum atomic E-state index is -0.548. The highest BCUT2D eigenvalue weighted by molar-refractivity contribution is 5.94. The van der Waals surface area contributed by atoms with Crippen LogP contribution in [0.2, 0.25) is 0 Å². The molecule has 1 saturated heterocycles. The second-order valence-corrected chi connectivity index (χ2v) is 6.56. The van der Waals surface area contributed by atoms with Gasteiger partial charge in [-0.05, 0) is 43.7 Å². The molecule has 0 aromatic heterocycles. The van der Waals surface area contributed by atoms with Crippen LogP contribution in [0.5, 0.6) is 5.75 Å². The zero-order valence-electron chi connectivity index (χ0n) is 15.2. The average Bonchev–Trinajstić information content (AvgIpc) is 2.67. The molecule has 136 valence electrons. The van der Waals surface area contributed by atoms with E-state index < -0.39 is 6.10 Å². The third kappa shape index (κ3) is 4.23. The molecular formula is C21H24N2O3. The van der Waals surface area contributed by atoms with Gasteiger partial charge in [-0.2, -0.15) is 0 Å². The molecule has 3 rings (SSSR count). The van der Waals surface area contributed by atoms with Crippen LogP contribution in [0.15, 0.2) is 54.6 Å². The fraction of sp³-hybridized carbons (Fsp3) is 0.333. The van der Waals surface area contributed by atoms with Crippen molar-refractivity contribution in [3.63, 3.8) is 0 Å². The number of rotatable bonds is 4. The van der Waals surface area contributed by atoms with Crippen molar-refractivity contribution in [3.8, 4) is 5.75 Å². The highest BCUT2D eigenvalue weighted by atomic mass is 16.5. The fourth-order valence-corrected chi connectivity index (χ4v) is 3.09. The second kappa shape index (κ2) is 8.04. The summed E-state index contributed by atoms with van der Waals surface area (Å²) in [6.45, 7) is 5.89. The standard InChI is InChI=1S/C21H24N2O3/c1-16-7-6-10-19(15-16)26-17(2)20(24)22-11-13-23(14-12-22)21(25)18-8-4-3-5-9-18/h3-10,15,17H,11-14H2,1-2H3/t17-/m0/s1. The lowest BCUT2D eigenvalue weighted by Gasteiger charge is -2.36. The van der Waals surface area contributed by atoms with Crippen LogP contribution in [0.1, 0.15) is 22.8 Å². The summed E-state index contributed by atoms with van der Waals surface area (Å²) >= 11 is 0. The Balaban J connectivity index is 1.54. The van der Waals surface area contributed by atoms with E-state index in [-0.39, 0.29) is 11.8 Å². The maximum absolute atomic E-state index is 12.6. The summed E-state index contributed by atoms with van der Waals surface area (Å²) in [6.07, 6.45) is -0.548. The first-order valence-electron chi connectivity index (χ1n) is 8.91. The molecular weight excluding hydrogens is 328 g/mol. The molecule has 0 N–H and O–H groups in total. The normalized spacial score (nSPS) is 15.5. The monoisotopic (exact) mass is 352 g/mol. The lowest BCUT2D eigenvalue weighted by molar-refractivity contribution is -0.139. The number of ether oxygens (including phenoxy) is 1. The van der Waals surface area contributed by atoms with Gasteiger partial charge in [-0.25, -0.2) is 0 Å². The van der Waals surface area contributed by atoms with Gasteiger partial charge in [-0.1, -0.05) is 30.3 Å². The third-order valence-electron chi connectivity index (χ3n) is 4.55. The van der Waals surface area contributed by atoms with Gasteiger partial charge in [0.05, 0.1) is 0 Å². The Morgan fingerprint density at radius 1 is 0.923 bits per heavy atom. The van der Waals surface area contributed by atoms with E-state index in [4.69, 9.17) is 4.74 Å². The first-order valence-corrected chi connectivity index (χ1v) is 8.91. The minimum absolute atomic E-state index is 0.0155. The Hall–Kier alpha value is -2.82. The molecule has 0 unspecified atom stereocenters. The van der Waals surface area contributed by atoms with Crippen LogP contribution < -0.4 is 4.74 Å². The molecule has 1 heterocycles. The molecule has 5 heteroatoms. The van der Waals surface area contributed by atoms with Crippen molar-refractivity contribution < 1.29 is 14.3 Å². The van der Waals surface area contributed by atoms with Crippen LogP contribution >= 0.6 is 0 Å². The zero-order valence-corrected chi connectivity index (χ0v) is 15.2. The van der Waals surface area contributed by atoms with Crippen molar-refractivity contribution in [1.82, 2.24) is 9.80 Å². The molecule has 0 radical (unpaired) electrons. The number of amides is 2. The average molecular weight is 352 g/mol. The van der Waals surface area contributed by atoms with Crippen molar-refractivity contribution in [3.05, 3.63) is 65.7 Å². The van der Waals surface area contributed by atoms with E-state index >= 15 is 0 Å². The van der Waals surface area contributed by atoms with E-state index in [0.717, 1.165) is 5.56 Å². The van der Waals surface area contributed by atoms with Gasteiger partial charge in [0.25, 0.3) is 11.8 Å². The van der Waals surface area contributed by atoms with Crippen LogP contribution in [0.3, 0.4) is 0 Å². The fourth-order valence-electron chi connectivity index (χ4n) is 3.09. The lowest BCUT2D eigenvalue weighted by Crippen LogP contribution is -2.53. The number of benzene rings is 2. The number of hydrogen-bond donors (Lipinski definition) is 0. The Labute approximate surface area is 154 Å². The summed E-state index contributed by atoms with van der Waals surface area (Å²) in [4.78, 5) is 28.7. The van der Waals surface area contributed by atoms with E-state index in [1.165, 1.54) is 0 Å². The Morgan fingerprint density at radius 3 is 2.23 bits per heavy atom. The first kappa shape index (κ1) is 18.0. The molecule has 5 nitrogen and oxygen atoms in total. The van der Waals surface area contributed by atoms with Crippen LogP contribution in [-0.2, 0) is 4.79 Å². The number of carbonyl (C=O) groups is 2. The van der Waals surface area contributed by atoms with Crippen molar-refractivity contribution in [2.24, 2.45) is 0 Å². The van der Waals surface area contributed by atoms with E-state index in [2.05, 4.69) is 0 Å². The Kier molecular flexibility index (Phi) is 5.56. The van der Waals surface area contributed by atoms with Gasteiger partial charge in [0.1, 0.15) is 5.75 Å². The number of aryl methyl sites for hydroxylation is 1. The molecule has 1 aliphatic rings. The van der Waals surface area contributed by atoms with Gasteiger partial charge >= 0.3 is 0 Å². The minimum Gasteiger partial charge on any atom is -0.481 e. The van der Waals surface area contributed by atoms with Gasteiger partial charge in [-0.15, -0.1) is 0 Å². The molecule has 26 heavy (non-hydrogen) atoms. The summed E-state index contributed by atoms with van der Waals surface area (Å²) in [5.41, 5.74) is 1.78. The lowest BCUT2D eigenvalue weighted by atomic mass is 10.2. The summed E-state index contributed by atoms with van der Waals surface area (Å²) in [7, 11) is 0. The Morgan fingerprint density at radius 2 is 1.58 bits per heavy atom. The molecule has 2 amide bonds. The maximum atomic E-state index is 12.6. The van der Waals surface area contributed by atoms with Gasteiger partial charge in [-0.3, -0.25) is 9.59 Å². The van der Waals surface area contributed by atoms with Crippen molar-refractivity contribution in [1.29, 1.82) is 0 Å². The first-order chi connectivity index (χ1) is 12.5. The van der Waals surface area contributed by atoms with Crippen molar-refractivity contribution >= 4 is 11.8 Å². The Bertz CT molecular complexity index is 768. The number of carbonyl (C=O) groups excluding carboxylic acids is 2. The predicted molar refractivity (Wildman–Crippen MR) is 100 cm³/mol. The molecule has 0 saturated carbocycles. The van der Waals surface area contributed by atoms with E-state index in [1.54, 1.807) is 16.7 Å². The molecule has 0 spiro atoms. The molecule has 2 aromatic carbocycles. The van der Waals surface area contributed by atoms with E-state index in [1.807, 2.05) is 61.5 Å². The van der Waals surface area contributed by atoms with Crippen LogP contribution in [-0.4, -0.2) is 53.9 Å². The van der Waals surface area contributed by atoms with E-state index in [9.17, 15) is 9.59 Å². The number of hydrogen-bond acceptors (Lipinski definition) is 3. The molecule has 2 aromatic rings. The molecule has 1 atom stereocenters. The second-order valence-electron chi connectivity index (χ2n) is 6.56. The summed E-state index contributed by atoms with van der Waals surface area (Å²) in [5.74, 6) is 0.670. The molecule has 1 aliphatic heterocycles. The van der Waals surface area contributed by atoms with Crippen molar-refractivity contribution in [2.75, 3.05) is 26.2 Å². The quantitative estimate of drug-likeness (QED) is 0.850. The smallest absolute Gasteiger partial charge is 0.263 e. The topological polar surface area (TPSA) is 49.9 Å². The van der Waals surface area contributed by atoms with Crippen LogP contribution in [0, 0.1) is 6.92 Å². The largest absolute Gasteiger partial charge is 0.481 e. The maximum Gasteiger partial charge on any atom is 0.263 e. The SMILES string of the molecule is Cc1cccc(O[C@@H](C)C(=O)N2CCN(C(=O)c3ccccc3)CC2)c1. The number of nitrogens with zero attached hydrogens (tertiary/aromatic N) is 2. The van der Waals surface area contributed by atoms with Crippen LogP contribution in [0.25, 0.3) is 0 Å². The van der Waals surface area contributed by atoms with Gasteiger partial charge in [0.2, 0.25) is 0 Å². The summed E-state index contributed by atoms with van der Waals surface area (Å²) < 4.78 is 5.78. The van der Waals surface area contributed by atoms with E-state index in [0.29, 0.717) is 37.5 Å². The molecule has 0 aliphatic carbocycles. The highest BCUT2D eigenvalue weighted by Gasteiger charge is 2.28. The molecule has 0 bridgehead atoms.